The van der Waals surface area contributed by atoms with Gasteiger partial charge in [0.15, 0.2) is 11.5 Å². The van der Waals surface area contributed by atoms with Crippen LogP contribution in [0.5, 0.6) is 11.5 Å². The summed E-state index contributed by atoms with van der Waals surface area (Å²) >= 11 is 0. The molecule has 0 aromatic heterocycles. The van der Waals surface area contributed by atoms with Crippen molar-refractivity contribution in [3.63, 3.8) is 0 Å². The lowest BCUT2D eigenvalue weighted by Crippen LogP contribution is -2.25. The van der Waals surface area contributed by atoms with Crippen molar-refractivity contribution in [2.24, 2.45) is 5.10 Å². The average molecular weight is 349 g/mol. The number of anilines is 1. The molecule has 0 atom stereocenters. The molecular formula is C20H19N3O3. The lowest BCUT2D eigenvalue weighted by molar-refractivity contribution is -0.119. The SMILES string of the molecule is COc1ccc(/C=N/NC(=O)CNc2cccc3ccccc23)cc1O. The van der Waals surface area contributed by atoms with E-state index in [1.807, 2.05) is 42.5 Å². The normalized spacial score (nSPS) is 10.8. The summed E-state index contributed by atoms with van der Waals surface area (Å²) in [6, 6.07) is 18.7. The van der Waals surface area contributed by atoms with Crippen LogP contribution in [0.25, 0.3) is 10.8 Å². The minimum absolute atomic E-state index is 0.0143. The predicted octanol–water partition coefficient (Wildman–Crippen LogP) is 3.12. The molecule has 26 heavy (non-hydrogen) atoms. The predicted molar refractivity (Wildman–Crippen MR) is 103 cm³/mol. The average Bonchev–Trinajstić information content (AvgIpc) is 2.66. The van der Waals surface area contributed by atoms with Crippen LogP contribution in [0.3, 0.4) is 0 Å². The van der Waals surface area contributed by atoms with Crippen LogP contribution in [-0.4, -0.2) is 30.9 Å². The third-order valence-electron chi connectivity index (χ3n) is 3.83. The van der Waals surface area contributed by atoms with Gasteiger partial charge in [-0.15, -0.1) is 0 Å². The van der Waals surface area contributed by atoms with E-state index in [0.717, 1.165) is 16.5 Å². The summed E-state index contributed by atoms with van der Waals surface area (Å²) in [6.07, 6.45) is 1.45. The first-order valence-corrected chi connectivity index (χ1v) is 8.08. The summed E-state index contributed by atoms with van der Waals surface area (Å²) in [5.41, 5.74) is 3.99. The number of hydrogen-bond donors (Lipinski definition) is 3. The summed E-state index contributed by atoms with van der Waals surface area (Å²) in [4.78, 5) is 12.0. The van der Waals surface area contributed by atoms with Gasteiger partial charge >= 0.3 is 0 Å². The first-order valence-electron chi connectivity index (χ1n) is 8.08. The Morgan fingerprint density at radius 2 is 1.96 bits per heavy atom. The van der Waals surface area contributed by atoms with Crippen LogP contribution in [0.1, 0.15) is 5.56 Å². The highest BCUT2D eigenvalue weighted by molar-refractivity contribution is 5.95. The van der Waals surface area contributed by atoms with Crippen LogP contribution in [0.4, 0.5) is 5.69 Å². The zero-order valence-corrected chi connectivity index (χ0v) is 14.3. The van der Waals surface area contributed by atoms with Crippen LogP contribution >= 0.6 is 0 Å². The molecule has 0 saturated heterocycles. The number of benzene rings is 3. The first-order chi connectivity index (χ1) is 12.7. The molecule has 0 unspecified atom stereocenters. The number of carbonyl (C=O) groups excluding carboxylic acids is 1. The Kier molecular flexibility index (Phi) is 5.34. The molecule has 0 aliphatic rings. The largest absolute Gasteiger partial charge is 0.504 e. The summed E-state index contributed by atoms with van der Waals surface area (Å²) in [6.45, 7) is 0.0964. The molecule has 6 nitrogen and oxygen atoms in total. The molecule has 0 saturated carbocycles. The molecule has 0 heterocycles. The van der Waals surface area contributed by atoms with E-state index < -0.39 is 0 Å². The fourth-order valence-electron chi connectivity index (χ4n) is 2.56. The van der Waals surface area contributed by atoms with E-state index in [4.69, 9.17) is 4.74 Å². The van der Waals surface area contributed by atoms with Gasteiger partial charge in [0.2, 0.25) is 0 Å². The van der Waals surface area contributed by atoms with E-state index >= 15 is 0 Å². The maximum atomic E-state index is 12.0. The second-order valence-corrected chi connectivity index (χ2v) is 5.60. The highest BCUT2D eigenvalue weighted by Gasteiger charge is 2.04. The van der Waals surface area contributed by atoms with E-state index in [1.165, 1.54) is 19.4 Å². The third kappa shape index (κ3) is 4.10. The summed E-state index contributed by atoms with van der Waals surface area (Å²) in [5.74, 6) is 0.123. The van der Waals surface area contributed by atoms with Crippen molar-refractivity contribution < 1.29 is 14.6 Å². The number of amides is 1. The van der Waals surface area contributed by atoms with Gasteiger partial charge in [-0.25, -0.2) is 5.43 Å². The van der Waals surface area contributed by atoms with Crippen LogP contribution in [0, 0.1) is 0 Å². The number of nitrogens with one attached hydrogen (secondary N) is 2. The molecule has 3 aromatic carbocycles. The number of phenols is 1. The van der Waals surface area contributed by atoms with Crippen molar-refractivity contribution in [1.29, 1.82) is 0 Å². The monoisotopic (exact) mass is 349 g/mol. The lowest BCUT2D eigenvalue weighted by Gasteiger charge is -2.08. The highest BCUT2D eigenvalue weighted by atomic mass is 16.5. The number of carbonyl (C=O) groups is 1. The summed E-state index contributed by atoms with van der Waals surface area (Å²) < 4.78 is 4.97. The van der Waals surface area contributed by atoms with Gasteiger partial charge in [0.1, 0.15) is 0 Å². The minimum atomic E-state index is -0.271. The summed E-state index contributed by atoms with van der Waals surface area (Å²) in [5, 5.41) is 18.9. The van der Waals surface area contributed by atoms with Gasteiger partial charge in [-0.2, -0.15) is 5.10 Å². The van der Waals surface area contributed by atoms with E-state index in [2.05, 4.69) is 15.8 Å². The fraction of sp³-hybridized carbons (Fsp3) is 0.100. The van der Waals surface area contributed by atoms with Crippen molar-refractivity contribution in [2.45, 2.75) is 0 Å². The number of nitrogens with zero attached hydrogens (tertiary/aromatic N) is 1. The van der Waals surface area contributed by atoms with Gasteiger partial charge in [0.25, 0.3) is 5.91 Å². The topological polar surface area (TPSA) is 83.0 Å². The van der Waals surface area contributed by atoms with Gasteiger partial charge in [-0.05, 0) is 35.2 Å². The van der Waals surface area contributed by atoms with E-state index in [-0.39, 0.29) is 18.2 Å². The maximum absolute atomic E-state index is 12.0. The molecule has 0 spiro atoms. The van der Waals surface area contributed by atoms with Gasteiger partial charge in [-0.1, -0.05) is 36.4 Å². The van der Waals surface area contributed by atoms with Crippen LogP contribution in [0.15, 0.2) is 65.8 Å². The molecule has 132 valence electrons. The van der Waals surface area contributed by atoms with E-state index in [0.29, 0.717) is 11.3 Å². The number of aromatic hydroxyl groups is 1. The second-order valence-electron chi connectivity index (χ2n) is 5.60. The smallest absolute Gasteiger partial charge is 0.259 e. The molecule has 0 aliphatic heterocycles. The molecule has 0 aliphatic carbocycles. The number of hydrogen-bond acceptors (Lipinski definition) is 5. The Hall–Kier alpha value is -3.54. The van der Waals surface area contributed by atoms with Crippen LogP contribution in [0.2, 0.25) is 0 Å². The van der Waals surface area contributed by atoms with Gasteiger partial charge in [-0.3, -0.25) is 4.79 Å². The Morgan fingerprint density at radius 3 is 2.77 bits per heavy atom. The van der Waals surface area contributed by atoms with Crippen molar-refractivity contribution >= 4 is 28.6 Å². The van der Waals surface area contributed by atoms with Gasteiger partial charge in [0.05, 0.1) is 19.9 Å². The number of methoxy groups -OCH3 is 1. The van der Waals surface area contributed by atoms with Gasteiger partial charge in [0, 0.05) is 11.1 Å². The Morgan fingerprint density at radius 1 is 1.15 bits per heavy atom. The van der Waals surface area contributed by atoms with E-state index in [1.54, 1.807) is 12.1 Å². The Bertz CT molecular complexity index is 949. The van der Waals surface area contributed by atoms with Gasteiger partial charge < -0.3 is 15.2 Å². The van der Waals surface area contributed by atoms with Crippen molar-refractivity contribution in [1.82, 2.24) is 5.43 Å². The molecule has 6 heteroatoms. The molecule has 0 bridgehead atoms. The minimum Gasteiger partial charge on any atom is -0.504 e. The fourth-order valence-corrected chi connectivity index (χ4v) is 2.56. The molecule has 3 rings (SSSR count). The number of phenolic OH excluding ortho intramolecular Hbond substituents is 1. The lowest BCUT2D eigenvalue weighted by atomic mass is 10.1. The van der Waals surface area contributed by atoms with Crippen LogP contribution < -0.4 is 15.5 Å². The molecule has 3 N–H and O–H groups in total. The van der Waals surface area contributed by atoms with Crippen molar-refractivity contribution in [2.75, 3.05) is 19.0 Å². The number of ether oxygens (including phenoxy) is 1. The molecule has 0 fully saturated rings. The van der Waals surface area contributed by atoms with Crippen molar-refractivity contribution in [3.05, 3.63) is 66.2 Å². The zero-order chi connectivity index (χ0) is 18.4. The number of rotatable bonds is 6. The second kappa shape index (κ2) is 8.02. The molecule has 1 amide bonds. The van der Waals surface area contributed by atoms with E-state index in [9.17, 15) is 9.90 Å². The maximum Gasteiger partial charge on any atom is 0.259 e. The quantitative estimate of drug-likeness (QED) is 0.472. The van der Waals surface area contributed by atoms with Crippen LogP contribution in [-0.2, 0) is 4.79 Å². The molecule has 3 aromatic rings. The number of fused-ring (bicyclic) bond motifs is 1. The summed E-state index contributed by atoms with van der Waals surface area (Å²) in [7, 11) is 1.48. The number of hydrazone groups is 1. The third-order valence-corrected chi connectivity index (χ3v) is 3.83. The zero-order valence-electron chi connectivity index (χ0n) is 14.3. The van der Waals surface area contributed by atoms with Crippen molar-refractivity contribution in [3.8, 4) is 11.5 Å². The Balaban J connectivity index is 1.56. The Labute approximate surface area is 151 Å². The highest BCUT2D eigenvalue weighted by Crippen LogP contribution is 2.25. The first kappa shape index (κ1) is 17.3. The standard InChI is InChI=1S/C20H19N3O3/c1-26-19-10-9-14(11-18(19)24)12-22-23-20(25)13-21-17-8-4-6-15-5-2-3-7-16(15)17/h2-12,21,24H,13H2,1H3,(H,23,25)/b22-12+. The molecular weight excluding hydrogens is 330 g/mol. The molecule has 0 radical (unpaired) electrons.